The fourth-order valence-corrected chi connectivity index (χ4v) is 2.70. The second-order valence-corrected chi connectivity index (χ2v) is 6.75. The first-order valence-corrected chi connectivity index (χ1v) is 8.91. The third-order valence-electron chi connectivity index (χ3n) is 4.60. The van der Waals surface area contributed by atoms with Gasteiger partial charge in [0.15, 0.2) is 0 Å². The molecule has 6 nitrogen and oxygen atoms in total. The van der Waals surface area contributed by atoms with Gasteiger partial charge in [-0.3, -0.25) is 10.1 Å². The Kier molecular flexibility index (Phi) is 7.23. The number of aliphatic hydroxyl groups is 1. The average molecular weight is 350 g/mol. The number of benzene rings is 1. The first-order chi connectivity index (χ1) is 12.0. The van der Waals surface area contributed by atoms with Crippen LogP contribution in [0.3, 0.4) is 0 Å². The van der Waals surface area contributed by atoms with Gasteiger partial charge in [0.25, 0.3) is 0 Å². The number of carbonyl (C=O) groups excluding carboxylic acids is 1. The van der Waals surface area contributed by atoms with E-state index in [1.54, 1.807) is 14.0 Å². The number of ether oxygens (including phenoxy) is 2. The highest BCUT2D eigenvalue weighted by Crippen LogP contribution is 2.32. The van der Waals surface area contributed by atoms with Gasteiger partial charge in [0.2, 0.25) is 5.91 Å². The van der Waals surface area contributed by atoms with Crippen LogP contribution in [0.5, 0.6) is 5.75 Å². The van der Waals surface area contributed by atoms with Gasteiger partial charge in [-0.25, -0.2) is 0 Å². The van der Waals surface area contributed by atoms with Crippen molar-refractivity contribution in [3.8, 4) is 5.75 Å². The molecule has 1 aliphatic rings. The van der Waals surface area contributed by atoms with Gasteiger partial charge in [0.05, 0.1) is 19.8 Å². The molecule has 1 saturated carbocycles. The van der Waals surface area contributed by atoms with Crippen LogP contribution in [-0.4, -0.2) is 49.5 Å². The van der Waals surface area contributed by atoms with E-state index in [2.05, 4.69) is 10.6 Å². The fraction of sp³-hybridized carbons (Fsp3) is 0.632. The summed E-state index contributed by atoms with van der Waals surface area (Å²) in [4.78, 5) is 12.8. The molecule has 0 heterocycles. The number of nitrogens with one attached hydrogen (secondary N) is 2. The molecule has 1 aliphatic carbocycles. The molecule has 0 saturated heterocycles. The maximum Gasteiger partial charge on any atom is 0.242 e. The molecule has 2 atom stereocenters. The molecule has 0 aliphatic heterocycles. The standard InChI is InChI=1S/C19H30N2O4/c1-4-25-13-19(2,21-12-16(22)14-9-10-14)18(23)20-11-15-7-5-6-8-17(15)24-3/h5-8,14,16,21-22H,4,9-13H2,1-3H3,(H,20,23). The summed E-state index contributed by atoms with van der Waals surface area (Å²) in [6.45, 7) is 5.24. The quantitative estimate of drug-likeness (QED) is 0.563. The van der Waals surface area contributed by atoms with Gasteiger partial charge in [-0.2, -0.15) is 0 Å². The van der Waals surface area contributed by atoms with E-state index >= 15 is 0 Å². The summed E-state index contributed by atoms with van der Waals surface area (Å²) in [5.41, 5.74) is 0.0172. The van der Waals surface area contributed by atoms with Gasteiger partial charge in [-0.1, -0.05) is 18.2 Å². The number of hydrogen-bond acceptors (Lipinski definition) is 5. The molecule has 2 rings (SSSR count). The number of β-amino-alcohol motifs (C(OH)–C–C–N with tert-alkyl or cyclic N) is 1. The number of methoxy groups -OCH3 is 1. The lowest BCUT2D eigenvalue weighted by atomic mass is 10.0. The predicted octanol–water partition coefficient (Wildman–Crippen LogP) is 1.47. The number of para-hydroxylation sites is 1. The van der Waals surface area contributed by atoms with Crippen LogP contribution >= 0.6 is 0 Å². The Hall–Kier alpha value is -1.63. The Morgan fingerprint density at radius 1 is 1.40 bits per heavy atom. The highest BCUT2D eigenvalue weighted by Gasteiger charge is 2.36. The van der Waals surface area contributed by atoms with Crippen molar-refractivity contribution in [1.82, 2.24) is 10.6 Å². The topological polar surface area (TPSA) is 79.8 Å². The van der Waals surface area contributed by atoms with E-state index in [1.165, 1.54) is 0 Å². The molecule has 1 aromatic rings. The SMILES string of the molecule is CCOCC(C)(NCC(O)C1CC1)C(=O)NCc1ccccc1OC. The summed E-state index contributed by atoms with van der Waals surface area (Å²) >= 11 is 0. The van der Waals surface area contributed by atoms with Gasteiger partial charge < -0.3 is 19.9 Å². The number of amides is 1. The Morgan fingerprint density at radius 3 is 2.76 bits per heavy atom. The number of carbonyl (C=O) groups is 1. The minimum Gasteiger partial charge on any atom is -0.496 e. The van der Waals surface area contributed by atoms with E-state index in [0.29, 0.717) is 25.6 Å². The van der Waals surface area contributed by atoms with E-state index in [1.807, 2.05) is 31.2 Å². The lowest BCUT2D eigenvalue weighted by Crippen LogP contribution is -2.59. The van der Waals surface area contributed by atoms with Crippen LogP contribution in [0.2, 0.25) is 0 Å². The van der Waals surface area contributed by atoms with Crippen LogP contribution in [0, 0.1) is 5.92 Å². The lowest BCUT2D eigenvalue weighted by Gasteiger charge is -2.30. The molecule has 140 valence electrons. The molecule has 0 spiro atoms. The Balaban J connectivity index is 1.95. The summed E-state index contributed by atoms with van der Waals surface area (Å²) in [5, 5.41) is 16.2. The zero-order valence-electron chi connectivity index (χ0n) is 15.4. The number of rotatable bonds is 11. The molecule has 1 amide bonds. The fourth-order valence-electron chi connectivity index (χ4n) is 2.70. The third-order valence-corrected chi connectivity index (χ3v) is 4.60. The van der Waals surface area contributed by atoms with Crippen LogP contribution in [-0.2, 0) is 16.1 Å². The van der Waals surface area contributed by atoms with Crippen LogP contribution in [0.1, 0.15) is 32.3 Å². The van der Waals surface area contributed by atoms with Crippen LogP contribution in [0.4, 0.5) is 0 Å². The van der Waals surface area contributed by atoms with Gasteiger partial charge in [-0.15, -0.1) is 0 Å². The summed E-state index contributed by atoms with van der Waals surface area (Å²) in [6.07, 6.45) is 1.71. The molecule has 1 aromatic carbocycles. The molecule has 0 aromatic heterocycles. The largest absolute Gasteiger partial charge is 0.496 e. The molecular formula is C19H30N2O4. The molecule has 0 radical (unpaired) electrons. The van der Waals surface area contributed by atoms with E-state index in [0.717, 1.165) is 24.2 Å². The van der Waals surface area contributed by atoms with Gasteiger partial charge in [0.1, 0.15) is 11.3 Å². The Morgan fingerprint density at radius 2 is 2.12 bits per heavy atom. The minimum atomic E-state index is -0.895. The van der Waals surface area contributed by atoms with Crippen LogP contribution in [0.15, 0.2) is 24.3 Å². The zero-order valence-corrected chi connectivity index (χ0v) is 15.4. The van der Waals surface area contributed by atoms with Crippen molar-refractivity contribution < 1.29 is 19.4 Å². The first kappa shape index (κ1) is 19.7. The lowest BCUT2D eigenvalue weighted by molar-refractivity contribution is -0.130. The predicted molar refractivity (Wildman–Crippen MR) is 96.5 cm³/mol. The van der Waals surface area contributed by atoms with Crippen LogP contribution < -0.4 is 15.4 Å². The molecular weight excluding hydrogens is 320 g/mol. The minimum absolute atomic E-state index is 0.158. The average Bonchev–Trinajstić information content (AvgIpc) is 3.47. The first-order valence-electron chi connectivity index (χ1n) is 8.91. The molecule has 0 bridgehead atoms. The molecule has 3 N–H and O–H groups in total. The zero-order chi connectivity index (χ0) is 18.3. The molecule has 6 heteroatoms. The summed E-state index contributed by atoms with van der Waals surface area (Å²) in [7, 11) is 1.61. The van der Waals surface area contributed by atoms with Crippen molar-refractivity contribution >= 4 is 5.91 Å². The van der Waals surface area contributed by atoms with Crippen molar-refractivity contribution in [3.63, 3.8) is 0 Å². The smallest absolute Gasteiger partial charge is 0.242 e. The molecule has 25 heavy (non-hydrogen) atoms. The van der Waals surface area contributed by atoms with Crippen molar-refractivity contribution in [2.24, 2.45) is 5.92 Å². The van der Waals surface area contributed by atoms with E-state index in [-0.39, 0.29) is 12.5 Å². The normalized spacial score (nSPS) is 17.6. The summed E-state index contributed by atoms with van der Waals surface area (Å²) in [6, 6.07) is 7.59. The van der Waals surface area contributed by atoms with Gasteiger partial charge >= 0.3 is 0 Å². The number of hydrogen-bond donors (Lipinski definition) is 3. The van der Waals surface area contributed by atoms with Crippen molar-refractivity contribution in [2.45, 2.75) is 44.9 Å². The van der Waals surface area contributed by atoms with E-state index in [9.17, 15) is 9.90 Å². The maximum absolute atomic E-state index is 12.8. The number of aliphatic hydroxyl groups excluding tert-OH is 1. The Bertz CT molecular complexity index is 562. The highest BCUT2D eigenvalue weighted by molar-refractivity contribution is 5.86. The van der Waals surface area contributed by atoms with E-state index < -0.39 is 11.6 Å². The third kappa shape index (κ3) is 5.70. The van der Waals surface area contributed by atoms with Crippen molar-refractivity contribution in [1.29, 1.82) is 0 Å². The maximum atomic E-state index is 12.8. The second kappa shape index (κ2) is 9.17. The van der Waals surface area contributed by atoms with Crippen LogP contribution in [0.25, 0.3) is 0 Å². The van der Waals surface area contributed by atoms with Gasteiger partial charge in [0, 0.05) is 25.3 Å². The highest BCUT2D eigenvalue weighted by atomic mass is 16.5. The van der Waals surface area contributed by atoms with Crippen molar-refractivity contribution in [2.75, 3.05) is 26.9 Å². The van der Waals surface area contributed by atoms with E-state index in [4.69, 9.17) is 9.47 Å². The molecule has 2 unspecified atom stereocenters. The molecule has 1 fully saturated rings. The summed E-state index contributed by atoms with van der Waals surface area (Å²) in [5.74, 6) is 0.946. The second-order valence-electron chi connectivity index (χ2n) is 6.75. The van der Waals surface area contributed by atoms with Crippen molar-refractivity contribution in [3.05, 3.63) is 29.8 Å². The Labute approximate surface area is 149 Å². The monoisotopic (exact) mass is 350 g/mol. The van der Waals surface area contributed by atoms with Gasteiger partial charge in [-0.05, 0) is 38.7 Å². The summed E-state index contributed by atoms with van der Waals surface area (Å²) < 4.78 is 10.8.